The first-order valence-electron chi connectivity index (χ1n) is 6.95. The molecule has 1 heterocycles. The molecule has 0 unspecified atom stereocenters. The van der Waals surface area contributed by atoms with Crippen LogP contribution in [0.1, 0.15) is 15.9 Å². The van der Waals surface area contributed by atoms with Gasteiger partial charge in [-0.25, -0.2) is 5.43 Å². The Balaban J connectivity index is 1.78. The fourth-order valence-corrected chi connectivity index (χ4v) is 2.26. The van der Waals surface area contributed by atoms with E-state index in [9.17, 15) is 9.90 Å². The molecule has 0 spiro atoms. The highest BCUT2D eigenvalue weighted by molar-refractivity contribution is 6.05. The third-order valence-electron chi connectivity index (χ3n) is 3.44. The summed E-state index contributed by atoms with van der Waals surface area (Å²) in [6.07, 6.45) is 3.14. The summed E-state index contributed by atoms with van der Waals surface area (Å²) in [6, 6.07) is 12.1. The molecular formula is C17H15N3O3. The lowest BCUT2D eigenvalue weighted by Gasteiger charge is -2.04. The Kier molecular flexibility index (Phi) is 3.97. The van der Waals surface area contributed by atoms with Crippen LogP contribution in [0.4, 0.5) is 0 Å². The van der Waals surface area contributed by atoms with Crippen LogP contribution >= 0.6 is 0 Å². The number of carbonyl (C=O) groups excluding carboxylic acids is 1. The van der Waals surface area contributed by atoms with E-state index in [2.05, 4.69) is 15.5 Å². The molecule has 23 heavy (non-hydrogen) atoms. The standard InChI is InChI=1S/C17H15N3O3/c1-23-13-5-6-15(21)12(9-13)10-19-20-17(22)14-4-2-3-11-7-8-18-16(11)14/h2-10,18,21H,1H3,(H,20,22)/b19-10-. The summed E-state index contributed by atoms with van der Waals surface area (Å²) < 4.78 is 5.08. The number of nitrogens with zero attached hydrogens (tertiary/aromatic N) is 1. The molecule has 116 valence electrons. The number of aromatic nitrogens is 1. The van der Waals surface area contributed by atoms with Gasteiger partial charge >= 0.3 is 0 Å². The SMILES string of the molecule is COc1ccc(O)c(/C=N\NC(=O)c2cccc3cc[nH]c23)c1. The Labute approximate surface area is 132 Å². The van der Waals surface area contributed by atoms with Crippen LogP contribution in [0.25, 0.3) is 10.9 Å². The Hall–Kier alpha value is -3.28. The number of hydrogen-bond acceptors (Lipinski definition) is 4. The number of phenols is 1. The van der Waals surface area contributed by atoms with Gasteiger partial charge in [-0.1, -0.05) is 12.1 Å². The number of nitrogens with one attached hydrogen (secondary N) is 2. The molecule has 3 rings (SSSR count). The van der Waals surface area contributed by atoms with Gasteiger partial charge in [-0.15, -0.1) is 0 Å². The fraction of sp³-hybridized carbons (Fsp3) is 0.0588. The molecule has 0 fully saturated rings. The third kappa shape index (κ3) is 3.01. The van der Waals surface area contributed by atoms with Crippen molar-refractivity contribution in [3.8, 4) is 11.5 Å². The van der Waals surface area contributed by atoms with Crippen molar-refractivity contribution in [3.05, 3.63) is 59.8 Å². The number of ether oxygens (including phenoxy) is 1. The molecule has 6 heteroatoms. The molecule has 1 aromatic heterocycles. The van der Waals surface area contributed by atoms with Gasteiger partial charge in [0.05, 0.1) is 24.4 Å². The summed E-state index contributed by atoms with van der Waals surface area (Å²) >= 11 is 0. The van der Waals surface area contributed by atoms with E-state index in [0.29, 0.717) is 16.9 Å². The van der Waals surface area contributed by atoms with E-state index >= 15 is 0 Å². The maximum absolute atomic E-state index is 12.2. The van der Waals surface area contributed by atoms with Crippen LogP contribution in [-0.2, 0) is 0 Å². The molecule has 6 nitrogen and oxygen atoms in total. The minimum Gasteiger partial charge on any atom is -0.507 e. The molecule has 0 radical (unpaired) electrons. The highest BCUT2D eigenvalue weighted by Gasteiger charge is 2.09. The van der Waals surface area contributed by atoms with Gasteiger partial charge in [0.15, 0.2) is 0 Å². The number of aromatic hydroxyl groups is 1. The lowest BCUT2D eigenvalue weighted by Crippen LogP contribution is -2.18. The van der Waals surface area contributed by atoms with Crippen molar-refractivity contribution >= 4 is 23.0 Å². The minimum absolute atomic E-state index is 0.0512. The van der Waals surface area contributed by atoms with E-state index in [4.69, 9.17) is 4.74 Å². The number of fused-ring (bicyclic) bond motifs is 1. The molecule has 0 aliphatic heterocycles. The summed E-state index contributed by atoms with van der Waals surface area (Å²) in [5.41, 5.74) is 4.15. The number of carbonyl (C=O) groups is 1. The fourth-order valence-electron chi connectivity index (χ4n) is 2.26. The van der Waals surface area contributed by atoms with Crippen molar-refractivity contribution < 1.29 is 14.6 Å². The number of rotatable bonds is 4. The van der Waals surface area contributed by atoms with Gasteiger partial charge in [-0.2, -0.15) is 5.10 Å². The van der Waals surface area contributed by atoms with Gasteiger partial charge in [0, 0.05) is 17.1 Å². The first-order valence-corrected chi connectivity index (χ1v) is 6.95. The topological polar surface area (TPSA) is 86.7 Å². The smallest absolute Gasteiger partial charge is 0.273 e. The maximum Gasteiger partial charge on any atom is 0.273 e. The van der Waals surface area contributed by atoms with Crippen LogP contribution in [0.2, 0.25) is 0 Å². The number of benzene rings is 2. The van der Waals surface area contributed by atoms with Crippen LogP contribution in [0.15, 0.2) is 53.8 Å². The van der Waals surface area contributed by atoms with Crippen LogP contribution in [-0.4, -0.2) is 29.3 Å². The summed E-state index contributed by atoms with van der Waals surface area (Å²) in [7, 11) is 1.53. The molecule has 0 saturated heterocycles. The van der Waals surface area contributed by atoms with E-state index in [0.717, 1.165) is 10.9 Å². The van der Waals surface area contributed by atoms with E-state index in [-0.39, 0.29) is 11.7 Å². The molecular weight excluding hydrogens is 294 g/mol. The monoisotopic (exact) mass is 309 g/mol. The van der Waals surface area contributed by atoms with Gasteiger partial charge in [0.1, 0.15) is 11.5 Å². The summed E-state index contributed by atoms with van der Waals surface area (Å²) in [5, 5.41) is 14.6. The largest absolute Gasteiger partial charge is 0.507 e. The van der Waals surface area contributed by atoms with E-state index in [1.165, 1.54) is 19.4 Å². The van der Waals surface area contributed by atoms with Gasteiger partial charge in [-0.05, 0) is 30.3 Å². The van der Waals surface area contributed by atoms with Crippen LogP contribution < -0.4 is 10.2 Å². The van der Waals surface area contributed by atoms with Crippen molar-refractivity contribution in [2.45, 2.75) is 0 Å². The van der Waals surface area contributed by atoms with E-state index < -0.39 is 0 Å². The zero-order valence-electron chi connectivity index (χ0n) is 12.4. The number of phenolic OH excluding ortho intramolecular Hbond substituents is 1. The maximum atomic E-state index is 12.2. The van der Waals surface area contributed by atoms with Gasteiger partial charge < -0.3 is 14.8 Å². The lowest BCUT2D eigenvalue weighted by atomic mass is 10.1. The van der Waals surface area contributed by atoms with Crippen LogP contribution in [0, 0.1) is 0 Å². The second-order valence-corrected chi connectivity index (χ2v) is 4.87. The molecule has 2 aromatic carbocycles. The van der Waals surface area contributed by atoms with Crippen molar-refractivity contribution in [1.82, 2.24) is 10.4 Å². The molecule has 0 saturated carbocycles. The van der Waals surface area contributed by atoms with Gasteiger partial charge in [-0.3, -0.25) is 4.79 Å². The predicted molar refractivity (Wildman–Crippen MR) is 88.0 cm³/mol. The zero-order valence-corrected chi connectivity index (χ0v) is 12.4. The minimum atomic E-state index is -0.336. The first-order chi connectivity index (χ1) is 11.2. The van der Waals surface area contributed by atoms with Crippen LogP contribution in [0.3, 0.4) is 0 Å². The number of hydrazone groups is 1. The normalized spacial score (nSPS) is 11.0. The van der Waals surface area contributed by atoms with Crippen molar-refractivity contribution in [1.29, 1.82) is 0 Å². The van der Waals surface area contributed by atoms with Gasteiger partial charge in [0.2, 0.25) is 0 Å². The summed E-state index contributed by atoms with van der Waals surface area (Å²) in [4.78, 5) is 15.3. The Morgan fingerprint density at radius 3 is 3.00 bits per heavy atom. The average Bonchev–Trinajstić information content (AvgIpc) is 3.05. The lowest BCUT2D eigenvalue weighted by molar-refractivity contribution is 0.0956. The molecule has 0 atom stereocenters. The zero-order chi connectivity index (χ0) is 16.2. The molecule has 0 bridgehead atoms. The Morgan fingerprint density at radius 1 is 1.30 bits per heavy atom. The highest BCUT2D eigenvalue weighted by Crippen LogP contribution is 2.21. The second kappa shape index (κ2) is 6.23. The summed E-state index contributed by atoms with van der Waals surface area (Å²) in [5.74, 6) is 0.304. The number of hydrogen-bond donors (Lipinski definition) is 3. The number of aromatic amines is 1. The number of H-pyrrole nitrogens is 1. The van der Waals surface area contributed by atoms with Crippen LogP contribution in [0.5, 0.6) is 11.5 Å². The molecule has 3 aromatic rings. The highest BCUT2D eigenvalue weighted by atomic mass is 16.5. The second-order valence-electron chi connectivity index (χ2n) is 4.87. The number of amides is 1. The molecule has 1 amide bonds. The molecule has 0 aliphatic carbocycles. The number of para-hydroxylation sites is 1. The van der Waals surface area contributed by atoms with Gasteiger partial charge in [0.25, 0.3) is 5.91 Å². The van der Waals surface area contributed by atoms with Crippen molar-refractivity contribution in [2.24, 2.45) is 5.10 Å². The number of methoxy groups -OCH3 is 1. The summed E-state index contributed by atoms with van der Waals surface area (Å²) in [6.45, 7) is 0. The van der Waals surface area contributed by atoms with Crippen molar-refractivity contribution in [2.75, 3.05) is 7.11 Å². The Bertz CT molecular complexity index is 884. The van der Waals surface area contributed by atoms with E-state index in [1.807, 2.05) is 18.2 Å². The first kappa shape index (κ1) is 14.6. The average molecular weight is 309 g/mol. The van der Waals surface area contributed by atoms with E-state index in [1.54, 1.807) is 24.4 Å². The van der Waals surface area contributed by atoms with Crippen molar-refractivity contribution in [3.63, 3.8) is 0 Å². The molecule has 0 aliphatic rings. The Morgan fingerprint density at radius 2 is 2.17 bits per heavy atom. The predicted octanol–water partition coefficient (Wildman–Crippen LogP) is 2.65. The quantitative estimate of drug-likeness (QED) is 0.511. The molecule has 3 N–H and O–H groups in total. The third-order valence-corrected chi connectivity index (χ3v) is 3.44.